The topological polar surface area (TPSA) is 55.8 Å². The normalized spacial score (nSPS) is 15.4. The molecule has 2 aromatic carbocycles. The van der Waals surface area contributed by atoms with Crippen molar-refractivity contribution in [1.29, 1.82) is 0 Å². The van der Waals surface area contributed by atoms with Crippen molar-refractivity contribution in [3.8, 4) is 11.5 Å². The third kappa shape index (κ3) is 3.79. The van der Waals surface area contributed by atoms with Crippen LogP contribution in [0.3, 0.4) is 0 Å². The molecule has 6 heteroatoms. The number of amides is 1. The Morgan fingerprint density at radius 1 is 1.22 bits per heavy atom. The van der Waals surface area contributed by atoms with E-state index in [1.807, 2.05) is 31.2 Å². The number of nitrogens with zero attached hydrogens (tertiary/aromatic N) is 1. The molecule has 1 aliphatic carbocycles. The number of halogens is 1. The second kappa shape index (κ2) is 7.78. The van der Waals surface area contributed by atoms with E-state index in [0.29, 0.717) is 17.9 Å². The lowest BCUT2D eigenvalue weighted by atomic mass is 10.0. The fourth-order valence-corrected chi connectivity index (χ4v) is 3.37. The van der Waals surface area contributed by atoms with E-state index in [9.17, 15) is 14.0 Å². The van der Waals surface area contributed by atoms with Gasteiger partial charge in [-0.05, 0) is 24.1 Å². The van der Waals surface area contributed by atoms with Crippen molar-refractivity contribution in [2.24, 2.45) is 0 Å². The summed E-state index contributed by atoms with van der Waals surface area (Å²) in [5, 5.41) is 0. The molecule has 0 saturated heterocycles. The van der Waals surface area contributed by atoms with Crippen LogP contribution in [0.5, 0.6) is 11.5 Å². The molecule has 0 heterocycles. The molecular weight excluding hydrogens is 349 g/mol. The maximum atomic E-state index is 14.0. The average Bonchev–Trinajstić information content (AvgIpc) is 2.96. The van der Waals surface area contributed by atoms with Crippen LogP contribution in [0.4, 0.5) is 4.39 Å². The molecule has 1 amide bonds. The van der Waals surface area contributed by atoms with Crippen molar-refractivity contribution >= 4 is 11.7 Å². The molecule has 142 valence electrons. The minimum absolute atomic E-state index is 0.151. The van der Waals surface area contributed by atoms with Crippen LogP contribution in [0.1, 0.15) is 40.7 Å². The van der Waals surface area contributed by atoms with Gasteiger partial charge in [0.2, 0.25) is 0 Å². The van der Waals surface area contributed by atoms with Crippen molar-refractivity contribution in [2.45, 2.75) is 25.8 Å². The quantitative estimate of drug-likeness (QED) is 0.779. The highest BCUT2D eigenvalue weighted by Crippen LogP contribution is 2.39. The zero-order chi connectivity index (χ0) is 19.6. The van der Waals surface area contributed by atoms with Gasteiger partial charge in [0, 0.05) is 31.1 Å². The third-order valence-corrected chi connectivity index (χ3v) is 4.79. The monoisotopic (exact) mass is 371 g/mol. The molecule has 5 nitrogen and oxygen atoms in total. The number of rotatable bonds is 6. The summed E-state index contributed by atoms with van der Waals surface area (Å²) in [6.07, 6.45) is 0.258. The van der Waals surface area contributed by atoms with Crippen molar-refractivity contribution < 1.29 is 23.5 Å². The van der Waals surface area contributed by atoms with Crippen molar-refractivity contribution in [3.63, 3.8) is 0 Å². The Labute approximate surface area is 157 Å². The van der Waals surface area contributed by atoms with Crippen LogP contribution in [0.25, 0.3) is 0 Å². The van der Waals surface area contributed by atoms with Gasteiger partial charge in [0.05, 0.1) is 12.7 Å². The molecule has 3 rings (SSSR count). The Morgan fingerprint density at radius 3 is 2.70 bits per heavy atom. The maximum absolute atomic E-state index is 14.0. The van der Waals surface area contributed by atoms with Gasteiger partial charge in [-0.15, -0.1) is 0 Å². The van der Waals surface area contributed by atoms with Crippen LogP contribution in [-0.4, -0.2) is 37.4 Å². The van der Waals surface area contributed by atoms with Crippen LogP contribution < -0.4 is 9.47 Å². The summed E-state index contributed by atoms with van der Waals surface area (Å²) in [6, 6.07) is 10.2. The van der Waals surface area contributed by atoms with E-state index in [-0.39, 0.29) is 41.9 Å². The fourth-order valence-electron chi connectivity index (χ4n) is 3.37. The van der Waals surface area contributed by atoms with Crippen molar-refractivity contribution in [1.82, 2.24) is 4.90 Å². The number of para-hydroxylation sites is 1. The standard InChI is InChI=1S/C21H22FNO4/c1-13-10-16(24)21-18(9-8-15(22)20(13)21)27-12-19(25)23(2)11-14-6-4-5-7-17(14)26-3/h4-9,13H,10-12H2,1-3H3/t13-/m1/s1. The zero-order valence-electron chi connectivity index (χ0n) is 15.6. The minimum Gasteiger partial charge on any atom is -0.496 e. The summed E-state index contributed by atoms with van der Waals surface area (Å²) in [5.74, 6) is -0.0246. The summed E-state index contributed by atoms with van der Waals surface area (Å²) in [6.45, 7) is 1.94. The van der Waals surface area contributed by atoms with E-state index < -0.39 is 5.82 Å². The van der Waals surface area contributed by atoms with Crippen LogP contribution in [-0.2, 0) is 11.3 Å². The van der Waals surface area contributed by atoms with Gasteiger partial charge in [0.1, 0.15) is 17.3 Å². The summed E-state index contributed by atoms with van der Waals surface area (Å²) < 4.78 is 24.9. The number of hydrogen-bond donors (Lipinski definition) is 0. The molecule has 0 fully saturated rings. The number of fused-ring (bicyclic) bond motifs is 1. The first kappa shape index (κ1) is 18.9. The highest BCUT2D eigenvalue weighted by Gasteiger charge is 2.32. The summed E-state index contributed by atoms with van der Waals surface area (Å²) in [7, 11) is 3.25. The molecule has 0 radical (unpaired) electrons. The largest absolute Gasteiger partial charge is 0.496 e. The predicted molar refractivity (Wildman–Crippen MR) is 98.7 cm³/mol. The summed E-state index contributed by atoms with van der Waals surface area (Å²) >= 11 is 0. The van der Waals surface area contributed by atoms with Gasteiger partial charge in [-0.25, -0.2) is 4.39 Å². The minimum atomic E-state index is -0.407. The molecule has 2 aromatic rings. The van der Waals surface area contributed by atoms with Gasteiger partial charge in [-0.3, -0.25) is 9.59 Å². The van der Waals surface area contributed by atoms with Gasteiger partial charge in [0.25, 0.3) is 5.91 Å². The van der Waals surface area contributed by atoms with E-state index in [2.05, 4.69) is 0 Å². The number of ketones is 1. The van der Waals surface area contributed by atoms with Gasteiger partial charge in [-0.2, -0.15) is 0 Å². The lowest BCUT2D eigenvalue weighted by molar-refractivity contribution is -0.132. The van der Waals surface area contributed by atoms with Crippen LogP contribution in [0, 0.1) is 5.82 Å². The van der Waals surface area contributed by atoms with Crippen LogP contribution >= 0.6 is 0 Å². The number of Topliss-reactive ketones (excluding diaryl/α,β-unsaturated/α-hetero) is 1. The number of methoxy groups -OCH3 is 1. The van der Waals surface area contributed by atoms with Crippen molar-refractivity contribution in [3.05, 3.63) is 58.9 Å². The van der Waals surface area contributed by atoms with E-state index in [0.717, 1.165) is 5.56 Å². The molecule has 0 N–H and O–H groups in total. The molecule has 0 spiro atoms. The third-order valence-electron chi connectivity index (χ3n) is 4.79. The van der Waals surface area contributed by atoms with E-state index >= 15 is 0 Å². The smallest absolute Gasteiger partial charge is 0.260 e. The predicted octanol–water partition coefficient (Wildman–Crippen LogP) is 3.56. The van der Waals surface area contributed by atoms with Gasteiger partial charge in [-0.1, -0.05) is 25.1 Å². The Hall–Kier alpha value is -2.89. The van der Waals surface area contributed by atoms with Crippen LogP contribution in [0.15, 0.2) is 36.4 Å². The molecule has 0 bridgehead atoms. The first-order valence-electron chi connectivity index (χ1n) is 8.76. The lowest BCUT2D eigenvalue weighted by Crippen LogP contribution is -2.31. The van der Waals surface area contributed by atoms with E-state index in [1.165, 1.54) is 17.0 Å². The van der Waals surface area contributed by atoms with Crippen LogP contribution in [0.2, 0.25) is 0 Å². The highest BCUT2D eigenvalue weighted by molar-refractivity contribution is 6.03. The fraction of sp³-hybridized carbons (Fsp3) is 0.333. The first-order valence-corrected chi connectivity index (χ1v) is 8.76. The van der Waals surface area contributed by atoms with Gasteiger partial charge in [0.15, 0.2) is 12.4 Å². The maximum Gasteiger partial charge on any atom is 0.260 e. The molecule has 0 saturated carbocycles. The number of carbonyl (C=O) groups is 2. The Morgan fingerprint density at radius 2 is 1.96 bits per heavy atom. The second-order valence-corrected chi connectivity index (χ2v) is 6.71. The Balaban J connectivity index is 1.69. The number of hydrogen-bond acceptors (Lipinski definition) is 4. The molecule has 0 unspecified atom stereocenters. The molecule has 1 aliphatic rings. The number of benzene rings is 2. The average molecular weight is 371 g/mol. The van der Waals surface area contributed by atoms with E-state index in [1.54, 1.807) is 14.2 Å². The first-order chi connectivity index (χ1) is 12.9. The molecule has 1 atom stereocenters. The number of likely N-dealkylation sites (N-methyl/N-ethyl adjacent to an activating group) is 1. The molecule has 27 heavy (non-hydrogen) atoms. The SMILES string of the molecule is COc1ccccc1CN(C)C(=O)COc1ccc(F)c2c1C(=O)C[C@H]2C. The van der Waals surface area contributed by atoms with E-state index in [4.69, 9.17) is 9.47 Å². The number of carbonyl (C=O) groups excluding carboxylic acids is 2. The zero-order valence-corrected chi connectivity index (χ0v) is 15.6. The summed E-state index contributed by atoms with van der Waals surface area (Å²) in [4.78, 5) is 26.1. The molecular formula is C21H22FNO4. The highest BCUT2D eigenvalue weighted by atomic mass is 19.1. The van der Waals surface area contributed by atoms with Crippen molar-refractivity contribution in [2.75, 3.05) is 20.8 Å². The summed E-state index contributed by atoms with van der Waals surface area (Å²) in [5.41, 5.74) is 1.53. The van der Waals surface area contributed by atoms with Gasteiger partial charge < -0.3 is 14.4 Å². The Kier molecular flexibility index (Phi) is 5.44. The Bertz CT molecular complexity index is 880. The number of ether oxygens (including phenoxy) is 2. The lowest BCUT2D eigenvalue weighted by Gasteiger charge is -2.19. The molecule has 0 aliphatic heterocycles. The second-order valence-electron chi connectivity index (χ2n) is 6.71. The van der Waals surface area contributed by atoms with Gasteiger partial charge >= 0.3 is 0 Å². The molecule has 0 aromatic heterocycles.